The van der Waals surface area contributed by atoms with E-state index in [1.807, 2.05) is 6.92 Å². The van der Waals surface area contributed by atoms with Gasteiger partial charge in [0.15, 0.2) is 17.5 Å². The lowest BCUT2D eigenvalue weighted by molar-refractivity contribution is 0.176. The van der Waals surface area contributed by atoms with Gasteiger partial charge in [-0.05, 0) is 51.7 Å². The number of rotatable bonds is 5. The van der Waals surface area contributed by atoms with E-state index in [1.54, 1.807) is 0 Å². The zero-order valence-corrected chi connectivity index (χ0v) is 12.6. The second kappa shape index (κ2) is 7.16. The van der Waals surface area contributed by atoms with Crippen molar-refractivity contribution in [2.24, 2.45) is 5.92 Å². The molecule has 1 aliphatic heterocycles. The summed E-state index contributed by atoms with van der Waals surface area (Å²) in [4.78, 5) is 2.44. The highest BCUT2D eigenvalue weighted by atomic mass is 19.2. The number of likely N-dealkylation sites (tertiary alicyclic amines) is 1. The molecule has 0 saturated carbocycles. The summed E-state index contributed by atoms with van der Waals surface area (Å²) < 4.78 is 39.3. The number of nitrogens with zero attached hydrogens (tertiary/aromatic N) is 1. The fraction of sp³-hybridized carbons (Fsp3) is 0.625. The van der Waals surface area contributed by atoms with E-state index in [4.69, 9.17) is 0 Å². The van der Waals surface area contributed by atoms with Crippen LogP contribution in [0.3, 0.4) is 0 Å². The Morgan fingerprint density at radius 2 is 1.76 bits per heavy atom. The maximum Gasteiger partial charge on any atom is 0.194 e. The lowest BCUT2D eigenvalue weighted by Gasteiger charge is -2.35. The van der Waals surface area contributed by atoms with Gasteiger partial charge < -0.3 is 10.2 Å². The van der Waals surface area contributed by atoms with Crippen molar-refractivity contribution in [2.75, 3.05) is 25.0 Å². The van der Waals surface area contributed by atoms with Crippen LogP contribution in [0.25, 0.3) is 0 Å². The van der Waals surface area contributed by atoms with Crippen LogP contribution in [0.1, 0.15) is 33.1 Å². The first kappa shape index (κ1) is 16.1. The van der Waals surface area contributed by atoms with Gasteiger partial charge >= 0.3 is 0 Å². The smallest absolute Gasteiger partial charge is 0.194 e. The average Bonchev–Trinajstić information content (AvgIpc) is 2.45. The fourth-order valence-corrected chi connectivity index (χ4v) is 3.01. The van der Waals surface area contributed by atoms with Gasteiger partial charge in [0.25, 0.3) is 0 Å². The van der Waals surface area contributed by atoms with Crippen LogP contribution in [0.15, 0.2) is 12.1 Å². The van der Waals surface area contributed by atoms with E-state index in [0.717, 1.165) is 51.0 Å². The molecule has 0 aromatic heterocycles. The lowest BCUT2D eigenvalue weighted by atomic mass is 9.90. The van der Waals surface area contributed by atoms with E-state index in [2.05, 4.69) is 17.1 Å². The third-order valence-corrected chi connectivity index (χ3v) is 4.26. The van der Waals surface area contributed by atoms with Gasteiger partial charge in [-0.2, -0.15) is 0 Å². The Balaban J connectivity index is 1.92. The van der Waals surface area contributed by atoms with Crippen molar-refractivity contribution in [1.82, 2.24) is 4.90 Å². The Morgan fingerprint density at radius 3 is 2.29 bits per heavy atom. The van der Waals surface area contributed by atoms with Crippen molar-refractivity contribution < 1.29 is 13.2 Å². The second-order valence-electron chi connectivity index (χ2n) is 5.87. The molecule has 118 valence electrons. The summed E-state index contributed by atoms with van der Waals surface area (Å²) in [7, 11) is 0. The zero-order chi connectivity index (χ0) is 15.4. The Kier molecular flexibility index (Phi) is 5.51. The summed E-state index contributed by atoms with van der Waals surface area (Å²) in [5.41, 5.74) is 0.301. The van der Waals surface area contributed by atoms with Gasteiger partial charge in [0.1, 0.15) is 0 Å². The zero-order valence-electron chi connectivity index (χ0n) is 12.6. The molecule has 1 saturated heterocycles. The third kappa shape index (κ3) is 4.13. The molecule has 1 fully saturated rings. The predicted molar refractivity (Wildman–Crippen MR) is 78.9 cm³/mol. The Morgan fingerprint density at radius 1 is 1.19 bits per heavy atom. The highest BCUT2D eigenvalue weighted by Gasteiger charge is 2.24. The highest BCUT2D eigenvalue weighted by molar-refractivity contribution is 5.45. The SMILES string of the molecule is CCCN1CCC(C(C)Nc2cc(F)c(F)c(F)c2)CC1. The molecule has 0 aliphatic carbocycles. The lowest BCUT2D eigenvalue weighted by Crippen LogP contribution is -2.39. The average molecular weight is 300 g/mol. The normalized spacial score (nSPS) is 18.7. The third-order valence-electron chi connectivity index (χ3n) is 4.26. The van der Waals surface area contributed by atoms with E-state index >= 15 is 0 Å². The number of hydrogen-bond donors (Lipinski definition) is 1. The predicted octanol–water partition coefficient (Wildman–Crippen LogP) is 4.03. The van der Waals surface area contributed by atoms with E-state index < -0.39 is 17.5 Å². The van der Waals surface area contributed by atoms with Crippen LogP contribution >= 0.6 is 0 Å². The van der Waals surface area contributed by atoms with Crippen LogP contribution in [-0.4, -0.2) is 30.6 Å². The Labute approximate surface area is 124 Å². The van der Waals surface area contributed by atoms with Gasteiger partial charge in [0.05, 0.1) is 0 Å². The quantitative estimate of drug-likeness (QED) is 0.826. The van der Waals surface area contributed by atoms with Gasteiger partial charge in [0, 0.05) is 23.9 Å². The summed E-state index contributed by atoms with van der Waals surface area (Å²) in [5, 5.41) is 3.10. The van der Waals surface area contributed by atoms with Crippen molar-refractivity contribution >= 4 is 5.69 Å². The Hall–Kier alpha value is -1.23. The molecule has 1 aromatic carbocycles. The maximum atomic E-state index is 13.2. The van der Waals surface area contributed by atoms with Gasteiger partial charge in [0.2, 0.25) is 0 Å². The van der Waals surface area contributed by atoms with E-state index in [1.165, 1.54) is 0 Å². The molecular weight excluding hydrogens is 277 g/mol. The molecule has 2 nitrogen and oxygen atoms in total. The minimum Gasteiger partial charge on any atom is -0.382 e. The van der Waals surface area contributed by atoms with Gasteiger partial charge in [-0.1, -0.05) is 6.92 Å². The molecule has 21 heavy (non-hydrogen) atoms. The summed E-state index contributed by atoms with van der Waals surface area (Å²) in [6.07, 6.45) is 3.30. The molecule has 1 heterocycles. The number of halogens is 3. The van der Waals surface area contributed by atoms with E-state index in [9.17, 15) is 13.2 Å². The van der Waals surface area contributed by atoms with Crippen LogP contribution in [0.5, 0.6) is 0 Å². The molecule has 0 amide bonds. The first-order chi connectivity index (χ1) is 10.0. The summed E-state index contributed by atoms with van der Waals surface area (Å²) in [6.45, 7) is 7.45. The molecule has 1 aliphatic rings. The number of hydrogen-bond acceptors (Lipinski definition) is 2. The second-order valence-corrected chi connectivity index (χ2v) is 5.87. The summed E-state index contributed by atoms with van der Waals surface area (Å²) in [6, 6.07) is 2.14. The largest absolute Gasteiger partial charge is 0.382 e. The summed E-state index contributed by atoms with van der Waals surface area (Å²) in [5.74, 6) is -3.25. The Bertz CT molecular complexity index is 448. The minimum atomic E-state index is -1.42. The van der Waals surface area contributed by atoms with Gasteiger partial charge in [-0.15, -0.1) is 0 Å². The van der Waals surface area contributed by atoms with Crippen molar-refractivity contribution in [3.05, 3.63) is 29.6 Å². The number of piperidine rings is 1. The van der Waals surface area contributed by atoms with Crippen molar-refractivity contribution in [1.29, 1.82) is 0 Å². The van der Waals surface area contributed by atoms with Gasteiger partial charge in [-0.3, -0.25) is 0 Å². The van der Waals surface area contributed by atoms with Crippen LogP contribution < -0.4 is 5.32 Å². The van der Waals surface area contributed by atoms with Crippen LogP contribution in [0.2, 0.25) is 0 Å². The first-order valence-electron chi connectivity index (χ1n) is 7.64. The van der Waals surface area contributed by atoms with Crippen molar-refractivity contribution in [3.63, 3.8) is 0 Å². The van der Waals surface area contributed by atoms with Crippen LogP contribution in [0.4, 0.5) is 18.9 Å². The molecular formula is C16H23F3N2. The molecule has 5 heteroatoms. The number of anilines is 1. The van der Waals surface area contributed by atoms with E-state index in [-0.39, 0.29) is 6.04 Å². The molecule has 1 aromatic rings. The topological polar surface area (TPSA) is 15.3 Å². The number of benzene rings is 1. The molecule has 0 bridgehead atoms. The van der Waals surface area contributed by atoms with Crippen molar-refractivity contribution in [3.8, 4) is 0 Å². The minimum absolute atomic E-state index is 0.109. The van der Waals surface area contributed by atoms with Gasteiger partial charge in [-0.25, -0.2) is 13.2 Å². The molecule has 2 rings (SSSR count). The summed E-state index contributed by atoms with van der Waals surface area (Å²) >= 11 is 0. The number of nitrogens with one attached hydrogen (secondary N) is 1. The molecule has 0 radical (unpaired) electrons. The maximum absolute atomic E-state index is 13.2. The molecule has 1 atom stereocenters. The molecule has 1 N–H and O–H groups in total. The highest BCUT2D eigenvalue weighted by Crippen LogP contribution is 2.25. The fourth-order valence-electron chi connectivity index (χ4n) is 3.01. The monoisotopic (exact) mass is 300 g/mol. The van der Waals surface area contributed by atoms with E-state index in [0.29, 0.717) is 11.6 Å². The standard InChI is InChI=1S/C16H23F3N2/c1-3-6-21-7-4-12(5-8-21)11(2)20-13-9-14(17)16(19)15(18)10-13/h9-12,20H,3-8H2,1-2H3. The molecule has 1 unspecified atom stereocenters. The first-order valence-corrected chi connectivity index (χ1v) is 7.64. The van der Waals surface area contributed by atoms with Crippen LogP contribution in [-0.2, 0) is 0 Å². The molecule has 0 spiro atoms. The van der Waals surface area contributed by atoms with Crippen molar-refractivity contribution in [2.45, 2.75) is 39.2 Å². The van der Waals surface area contributed by atoms with Crippen LogP contribution in [0, 0.1) is 23.4 Å².